The van der Waals surface area contributed by atoms with Gasteiger partial charge >= 0.3 is 5.97 Å². The lowest BCUT2D eigenvalue weighted by Gasteiger charge is -2.24. The van der Waals surface area contributed by atoms with E-state index in [1.807, 2.05) is 37.3 Å². The third-order valence-electron chi connectivity index (χ3n) is 5.92. The Morgan fingerprint density at radius 2 is 2.00 bits per heavy atom. The Balaban J connectivity index is 1.78. The maximum Gasteiger partial charge on any atom is 0.303 e. The molecule has 1 unspecified atom stereocenters. The zero-order valence-electron chi connectivity index (χ0n) is 19.0. The van der Waals surface area contributed by atoms with E-state index >= 15 is 0 Å². The van der Waals surface area contributed by atoms with Gasteiger partial charge in [0, 0.05) is 36.8 Å². The minimum Gasteiger partial charge on any atom is -0.760 e. The van der Waals surface area contributed by atoms with E-state index in [0.29, 0.717) is 22.4 Å². The maximum absolute atomic E-state index is 12.8. The van der Waals surface area contributed by atoms with Crippen LogP contribution in [0.1, 0.15) is 58.8 Å². The number of nitrogens with one attached hydrogen (secondary N) is 1. The molecule has 2 N–H and O–H groups in total. The van der Waals surface area contributed by atoms with E-state index in [0.717, 1.165) is 29.5 Å². The third kappa shape index (κ3) is 5.19. The van der Waals surface area contributed by atoms with Gasteiger partial charge in [0.05, 0.1) is 23.2 Å². The second-order valence-electron chi connectivity index (χ2n) is 8.48. The van der Waals surface area contributed by atoms with Gasteiger partial charge in [0.25, 0.3) is 5.91 Å². The number of hydrogen-bond donors (Lipinski definition) is 2. The number of carbonyl (C=O) groups is 2. The molecule has 10 heteroatoms. The molecule has 0 saturated heterocycles. The molecule has 34 heavy (non-hydrogen) atoms. The Bertz CT molecular complexity index is 1250. The van der Waals surface area contributed by atoms with Crippen molar-refractivity contribution in [2.45, 2.75) is 45.1 Å². The molecule has 180 valence electrons. The molecule has 1 amide bonds. The van der Waals surface area contributed by atoms with Crippen LogP contribution in [0.3, 0.4) is 0 Å². The Hall–Kier alpha value is -3.08. The molecule has 4 rings (SSSR count). The van der Waals surface area contributed by atoms with Crippen molar-refractivity contribution in [1.29, 1.82) is 0 Å². The average Bonchev–Trinajstić information content (AvgIpc) is 3.58. The molecule has 3 aromatic rings. The zero-order valence-corrected chi connectivity index (χ0v) is 19.8. The zero-order chi connectivity index (χ0) is 24.4. The molecule has 2 heterocycles. The van der Waals surface area contributed by atoms with E-state index in [2.05, 4.69) is 10.3 Å². The number of pyridine rings is 1. The molecular weight excluding hydrogens is 458 g/mol. The van der Waals surface area contributed by atoms with Crippen molar-refractivity contribution in [3.8, 4) is 11.3 Å². The van der Waals surface area contributed by atoms with Crippen LogP contribution in [0.15, 0.2) is 34.7 Å². The van der Waals surface area contributed by atoms with Crippen molar-refractivity contribution < 1.29 is 27.9 Å². The van der Waals surface area contributed by atoms with Gasteiger partial charge in [0.2, 0.25) is 5.71 Å². The van der Waals surface area contributed by atoms with Gasteiger partial charge in [-0.05, 0) is 43.7 Å². The fraction of sp³-hybridized carbons (Fsp3) is 0.375. The van der Waals surface area contributed by atoms with Gasteiger partial charge in [-0.2, -0.15) is 0 Å². The molecule has 1 atom stereocenters. The number of carbonyl (C=O) groups excluding carboxylic acids is 1. The molecule has 1 fully saturated rings. The molecular formula is C24H26N3O6S-. The van der Waals surface area contributed by atoms with Crippen LogP contribution >= 0.6 is 0 Å². The number of fused-ring (bicyclic) bond motifs is 1. The summed E-state index contributed by atoms with van der Waals surface area (Å²) in [5.74, 6) is -0.619. The van der Waals surface area contributed by atoms with Gasteiger partial charge in [-0.15, -0.1) is 0 Å². The quantitative estimate of drug-likeness (QED) is 0.420. The van der Waals surface area contributed by atoms with Crippen LogP contribution in [0, 0.1) is 6.92 Å². The Morgan fingerprint density at radius 1 is 1.29 bits per heavy atom. The van der Waals surface area contributed by atoms with E-state index in [1.54, 1.807) is 7.05 Å². The predicted octanol–water partition coefficient (Wildman–Crippen LogP) is 3.50. The number of carboxylic acids is 1. The summed E-state index contributed by atoms with van der Waals surface area (Å²) in [6, 6.07) is 9.52. The van der Waals surface area contributed by atoms with Gasteiger partial charge in [-0.1, -0.05) is 29.8 Å². The van der Waals surface area contributed by atoms with E-state index in [-0.39, 0.29) is 43.5 Å². The maximum atomic E-state index is 12.8. The minimum atomic E-state index is -2.54. The van der Waals surface area contributed by atoms with Gasteiger partial charge in [0.15, 0.2) is 0 Å². The summed E-state index contributed by atoms with van der Waals surface area (Å²) >= 11 is -2.54. The second kappa shape index (κ2) is 10.0. The topological polar surface area (TPSA) is 136 Å². The highest BCUT2D eigenvalue weighted by atomic mass is 32.2. The number of aryl methyl sites for hydroxylation is 1. The molecule has 0 aliphatic heterocycles. The summed E-state index contributed by atoms with van der Waals surface area (Å²) in [6.45, 7) is 2.05. The van der Waals surface area contributed by atoms with Crippen molar-refractivity contribution in [2.24, 2.45) is 0 Å². The van der Waals surface area contributed by atoms with Gasteiger partial charge in [-0.25, -0.2) is 9.29 Å². The molecule has 2 aromatic heterocycles. The first-order valence-corrected chi connectivity index (χ1v) is 12.1. The molecule has 1 aromatic carbocycles. The molecule has 9 nitrogen and oxygen atoms in total. The lowest BCUT2D eigenvalue weighted by Crippen LogP contribution is -2.28. The fourth-order valence-electron chi connectivity index (χ4n) is 3.99. The number of aromatic nitrogens is 1. The van der Waals surface area contributed by atoms with E-state index < -0.39 is 17.2 Å². The van der Waals surface area contributed by atoms with Crippen molar-refractivity contribution in [1.82, 2.24) is 14.6 Å². The fourth-order valence-corrected chi connectivity index (χ4v) is 4.49. The van der Waals surface area contributed by atoms with Crippen LogP contribution in [0.4, 0.5) is 0 Å². The molecule has 0 bridgehead atoms. The number of aliphatic carboxylic acids is 1. The van der Waals surface area contributed by atoms with E-state index in [1.165, 1.54) is 4.31 Å². The standard InChI is InChI=1S/C24H27N3O6S/c1-14-5-7-16(8-6-14)22-21(23(30)25-2)18-12-17(15-9-10-15)19(26-24(18)33-22)13-27(34(31)32)11-3-4-20(28)29/h5-8,12,15H,3-4,9-11,13H2,1-2H3,(H,25,30)(H,28,29)(H,31,32)/p-1. The van der Waals surface area contributed by atoms with Crippen LogP contribution in [0.2, 0.25) is 0 Å². The summed E-state index contributed by atoms with van der Waals surface area (Å²) in [5, 5.41) is 12.1. The van der Waals surface area contributed by atoms with Crippen LogP contribution < -0.4 is 5.32 Å². The van der Waals surface area contributed by atoms with Gasteiger partial charge in [-0.3, -0.25) is 13.8 Å². The Morgan fingerprint density at radius 3 is 2.59 bits per heavy atom. The van der Waals surface area contributed by atoms with Gasteiger partial charge in [0.1, 0.15) is 5.76 Å². The lowest BCUT2D eigenvalue weighted by molar-refractivity contribution is -0.137. The number of rotatable bonds is 10. The minimum absolute atomic E-state index is 0.00732. The monoisotopic (exact) mass is 484 g/mol. The number of amides is 1. The molecule has 1 aliphatic carbocycles. The lowest BCUT2D eigenvalue weighted by atomic mass is 10.0. The number of furan rings is 1. The summed E-state index contributed by atoms with van der Waals surface area (Å²) in [4.78, 5) is 28.3. The highest BCUT2D eigenvalue weighted by Crippen LogP contribution is 2.44. The normalized spacial score (nSPS) is 14.5. The van der Waals surface area contributed by atoms with E-state index in [4.69, 9.17) is 9.52 Å². The van der Waals surface area contributed by atoms with Crippen molar-refractivity contribution >= 4 is 34.2 Å². The SMILES string of the molecule is CNC(=O)c1c(-c2ccc(C)cc2)oc2nc(CN(CCCC(=O)O)S(=O)[O-])c(C3CC3)cc12. The van der Waals surface area contributed by atoms with E-state index in [9.17, 15) is 18.4 Å². The average molecular weight is 485 g/mol. The summed E-state index contributed by atoms with van der Waals surface area (Å²) < 4.78 is 30.9. The van der Waals surface area contributed by atoms with Gasteiger partial charge < -0.3 is 19.4 Å². The predicted molar refractivity (Wildman–Crippen MR) is 126 cm³/mol. The highest BCUT2D eigenvalue weighted by Gasteiger charge is 2.31. The number of carboxylic acid groups (broad SMARTS) is 1. The summed E-state index contributed by atoms with van der Waals surface area (Å²) in [6.07, 6.45) is 1.99. The second-order valence-corrected chi connectivity index (χ2v) is 9.43. The van der Waals surface area contributed by atoms with Crippen LogP contribution in [0.25, 0.3) is 22.4 Å². The highest BCUT2D eigenvalue weighted by molar-refractivity contribution is 7.76. The van der Waals surface area contributed by atoms with Crippen LogP contribution in [0.5, 0.6) is 0 Å². The van der Waals surface area contributed by atoms with Crippen LogP contribution in [-0.4, -0.2) is 48.6 Å². The number of nitrogens with zero attached hydrogens (tertiary/aromatic N) is 2. The van der Waals surface area contributed by atoms with Crippen molar-refractivity contribution in [3.63, 3.8) is 0 Å². The summed E-state index contributed by atoms with van der Waals surface area (Å²) in [7, 11) is 1.56. The van der Waals surface area contributed by atoms with Crippen molar-refractivity contribution in [3.05, 3.63) is 52.7 Å². The molecule has 0 radical (unpaired) electrons. The third-order valence-corrected chi connectivity index (χ3v) is 6.65. The smallest absolute Gasteiger partial charge is 0.303 e. The molecule has 1 aliphatic rings. The Labute approximate surface area is 199 Å². The molecule has 0 spiro atoms. The number of hydrogen-bond acceptors (Lipinski definition) is 6. The summed E-state index contributed by atoms with van der Waals surface area (Å²) in [5.41, 5.74) is 3.92. The first kappa shape index (κ1) is 24.1. The first-order chi connectivity index (χ1) is 16.3. The first-order valence-electron chi connectivity index (χ1n) is 11.1. The van der Waals surface area contributed by atoms with Crippen LogP contribution in [-0.2, 0) is 22.6 Å². The Kier molecular flexibility index (Phi) is 7.11. The van der Waals surface area contributed by atoms with Crippen molar-refractivity contribution in [2.75, 3.05) is 13.6 Å². The largest absolute Gasteiger partial charge is 0.760 e. The number of benzene rings is 1. The molecule has 1 saturated carbocycles.